The van der Waals surface area contributed by atoms with Crippen LogP contribution in [-0.2, 0) is 9.47 Å². The minimum Gasteiger partial charge on any atom is -0.507 e. The number of ether oxygens (including phenoxy) is 2. The zero-order valence-electron chi connectivity index (χ0n) is 20.9. The summed E-state index contributed by atoms with van der Waals surface area (Å²) in [6.45, 7) is 5.46. The third kappa shape index (κ3) is 4.19. The Bertz CT molecular complexity index is 1650. The van der Waals surface area contributed by atoms with Crippen LogP contribution in [0.4, 0.5) is 0 Å². The van der Waals surface area contributed by atoms with Crippen molar-refractivity contribution in [2.45, 2.75) is 45.2 Å². The Morgan fingerprint density at radius 1 is 1.18 bits per heavy atom. The lowest BCUT2D eigenvalue weighted by Crippen LogP contribution is -2.46. The largest absolute Gasteiger partial charge is 0.507 e. The molecule has 5 heterocycles. The van der Waals surface area contributed by atoms with E-state index in [2.05, 4.69) is 30.5 Å². The van der Waals surface area contributed by atoms with Gasteiger partial charge in [-0.1, -0.05) is 5.21 Å². The Hall–Kier alpha value is -3.56. The summed E-state index contributed by atoms with van der Waals surface area (Å²) in [6.07, 6.45) is -0.467. The van der Waals surface area contributed by atoms with Gasteiger partial charge in [-0.3, -0.25) is 4.57 Å². The molecule has 1 aliphatic heterocycles. The summed E-state index contributed by atoms with van der Waals surface area (Å²) in [5.74, 6) is 0.154. The van der Waals surface area contributed by atoms with Gasteiger partial charge in [-0.05, 0) is 39.0 Å². The van der Waals surface area contributed by atoms with Gasteiger partial charge in [0.1, 0.15) is 34.9 Å². The van der Waals surface area contributed by atoms with Crippen molar-refractivity contribution < 1.29 is 19.7 Å². The standard InChI is InChI=1S/C24H24N8O4S2/c1-11-9-37-24(26-11)16-8-32(30-28-16)18-19(34)22(36-20(12(2)33)21(18)35-4)23-29-25-10-31(23)14-5-6-15-17(7-14)38-13(3)27-15/h5-10,12,20-22,33-34H,1-4H3/t12?,20?,21-,22-/m1/s1. The lowest BCUT2D eigenvalue weighted by atomic mass is 9.98. The van der Waals surface area contributed by atoms with E-state index in [4.69, 9.17) is 9.47 Å². The second kappa shape index (κ2) is 9.63. The number of aliphatic hydroxyl groups excluding tert-OH is 2. The van der Waals surface area contributed by atoms with Gasteiger partial charge >= 0.3 is 0 Å². The molecule has 4 aromatic heterocycles. The van der Waals surface area contributed by atoms with E-state index in [0.29, 0.717) is 16.5 Å². The van der Waals surface area contributed by atoms with Crippen LogP contribution in [0.5, 0.6) is 0 Å². The van der Waals surface area contributed by atoms with E-state index < -0.39 is 24.4 Å². The van der Waals surface area contributed by atoms with Crippen LogP contribution in [0.25, 0.3) is 32.3 Å². The average molecular weight is 553 g/mol. The fraction of sp³-hybridized carbons (Fsp3) is 0.333. The molecule has 0 amide bonds. The van der Waals surface area contributed by atoms with Gasteiger partial charge in [-0.2, -0.15) is 0 Å². The fourth-order valence-electron chi connectivity index (χ4n) is 4.52. The summed E-state index contributed by atoms with van der Waals surface area (Å²) in [5.41, 5.74) is 3.39. The van der Waals surface area contributed by atoms with E-state index >= 15 is 0 Å². The summed E-state index contributed by atoms with van der Waals surface area (Å²) >= 11 is 3.03. The number of rotatable bonds is 6. The zero-order valence-corrected chi connectivity index (χ0v) is 22.5. The molecule has 0 saturated carbocycles. The molecule has 2 N–H and O–H groups in total. The number of benzene rings is 1. The number of hydrogen-bond donors (Lipinski definition) is 2. The van der Waals surface area contributed by atoms with Crippen LogP contribution in [-0.4, -0.2) is 75.4 Å². The molecule has 0 radical (unpaired) electrons. The number of aromatic nitrogens is 8. The zero-order chi connectivity index (χ0) is 26.6. The Morgan fingerprint density at radius 2 is 2.03 bits per heavy atom. The molecule has 4 atom stereocenters. The van der Waals surface area contributed by atoms with Crippen LogP contribution in [0.15, 0.2) is 41.9 Å². The summed E-state index contributed by atoms with van der Waals surface area (Å²) in [6, 6.07) is 5.82. The molecule has 5 aromatic rings. The van der Waals surface area contributed by atoms with E-state index in [0.717, 1.165) is 26.6 Å². The predicted molar refractivity (Wildman–Crippen MR) is 141 cm³/mol. The molecule has 0 bridgehead atoms. The summed E-state index contributed by atoms with van der Waals surface area (Å²) in [4.78, 5) is 8.99. The highest BCUT2D eigenvalue weighted by atomic mass is 32.1. The maximum atomic E-state index is 11.6. The van der Waals surface area contributed by atoms with Crippen molar-refractivity contribution in [3.05, 3.63) is 58.4 Å². The highest BCUT2D eigenvalue weighted by molar-refractivity contribution is 7.18. The first kappa shape index (κ1) is 24.8. The second-order valence-corrected chi connectivity index (χ2v) is 11.0. The van der Waals surface area contributed by atoms with Gasteiger partial charge in [0.05, 0.1) is 27.5 Å². The minimum atomic E-state index is -1.06. The number of nitrogens with zero attached hydrogens (tertiary/aromatic N) is 8. The summed E-state index contributed by atoms with van der Waals surface area (Å²) < 4.78 is 16.1. The molecule has 0 spiro atoms. The predicted octanol–water partition coefficient (Wildman–Crippen LogP) is 3.47. The van der Waals surface area contributed by atoms with Crippen LogP contribution in [0.2, 0.25) is 0 Å². The Morgan fingerprint density at radius 3 is 2.76 bits per heavy atom. The van der Waals surface area contributed by atoms with Crippen molar-refractivity contribution in [3.8, 4) is 16.4 Å². The van der Waals surface area contributed by atoms with Gasteiger partial charge < -0.3 is 19.7 Å². The number of hydrogen-bond acceptors (Lipinski definition) is 12. The molecular formula is C24H24N8O4S2. The molecule has 0 aliphatic carbocycles. The van der Waals surface area contributed by atoms with Crippen LogP contribution >= 0.6 is 22.7 Å². The summed E-state index contributed by atoms with van der Waals surface area (Å²) in [5, 5.41) is 42.7. The van der Waals surface area contributed by atoms with Crippen molar-refractivity contribution in [1.29, 1.82) is 0 Å². The first-order chi connectivity index (χ1) is 18.3. The molecule has 1 aliphatic rings. The molecule has 0 saturated heterocycles. The highest BCUT2D eigenvalue weighted by Crippen LogP contribution is 2.39. The molecule has 14 heteroatoms. The second-order valence-electron chi connectivity index (χ2n) is 8.93. The van der Waals surface area contributed by atoms with Crippen LogP contribution in [0.3, 0.4) is 0 Å². The van der Waals surface area contributed by atoms with Gasteiger partial charge in [0, 0.05) is 23.9 Å². The Kier molecular flexibility index (Phi) is 6.28. The quantitative estimate of drug-likeness (QED) is 0.321. The van der Waals surface area contributed by atoms with Gasteiger partial charge in [0.25, 0.3) is 0 Å². The van der Waals surface area contributed by atoms with E-state index in [1.807, 2.05) is 37.4 Å². The highest BCUT2D eigenvalue weighted by Gasteiger charge is 2.44. The van der Waals surface area contributed by atoms with Crippen molar-refractivity contribution in [2.75, 3.05) is 7.11 Å². The van der Waals surface area contributed by atoms with E-state index in [1.165, 1.54) is 23.1 Å². The SMILES string of the molecule is CO[C@@H]1C(n2cc(-c3nc(C)cs3)nn2)=C(O)[C@H](c2nncn2-c2ccc3nc(C)sc3c2)OC1C(C)O. The fourth-order valence-corrected chi connectivity index (χ4v) is 6.13. The molecule has 38 heavy (non-hydrogen) atoms. The topological polar surface area (TPSA) is 146 Å². The first-order valence-corrected chi connectivity index (χ1v) is 13.5. The molecule has 196 valence electrons. The lowest BCUT2D eigenvalue weighted by Gasteiger charge is -2.37. The Labute approximate surface area is 224 Å². The molecule has 6 rings (SSSR count). The smallest absolute Gasteiger partial charge is 0.177 e. The molecule has 0 fully saturated rings. The maximum absolute atomic E-state index is 11.6. The summed E-state index contributed by atoms with van der Waals surface area (Å²) in [7, 11) is 1.48. The van der Waals surface area contributed by atoms with Gasteiger partial charge in [-0.25, -0.2) is 14.6 Å². The van der Waals surface area contributed by atoms with Crippen LogP contribution in [0, 0.1) is 13.8 Å². The average Bonchev–Trinajstić information content (AvgIpc) is 3.69. The number of aryl methyl sites for hydroxylation is 2. The molecule has 1 aromatic carbocycles. The van der Waals surface area contributed by atoms with Crippen LogP contribution < -0.4 is 0 Å². The number of methoxy groups -OCH3 is 1. The first-order valence-electron chi connectivity index (χ1n) is 11.8. The minimum absolute atomic E-state index is 0.176. The van der Waals surface area contributed by atoms with Gasteiger partial charge in [0.2, 0.25) is 0 Å². The van der Waals surface area contributed by atoms with E-state index in [-0.39, 0.29) is 11.5 Å². The van der Waals surface area contributed by atoms with Crippen molar-refractivity contribution in [1.82, 2.24) is 39.7 Å². The van der Waals surface area contributed by atoms with Crippen molar-refractivity contribution >= 4 is 38.6 Å². The van der Waals surface area contributed by atoms with Crippen molar-refractivity contribution in [2.24, 2.45) is 0 Å². The maximum Gasteiger partial charge on any atom is 0.177 e. The number of fused-ring (bicyclic) bond motifs is 1. The van der Waals surface area contributed by atoms with Gasteiger partial charge in [0.15, 0.2) is 17.7 Å². The number of aliphatic hydroxyl groups is 2. The third-order valence-electron chi connectivity index (χ3n) is 6.25. The van der Waals surface area contributed by atoms with E-state index in [9.17, 15) is 10.2 Å². The monoisotopic (exact) mass is 552 g/mol. The molecule has 12 nitrogen and oxygen atoms in total. The van der Waals surface area contributed by atoms with Crippen molar-refractivity contribution in [3.63, 3.8) is 0 Å². The number of thiazole rings is 2. The van der Waals surface area contributed by atoms with E-state index in [1.54, 1.807) is 35.4 Å². The molecular weight excluding hydrogens is 528 g/mol. The third-order valence-corrected chi connectivity index (χ3v) is 8.16. The van der Waals surface area contributed by atoms with Crippen LogP contribution in [0.1, 0.15) is 29.6 Å². The normalized spacial score (nSPS) is 20.9. The lowest BCUT2D eigenvalue weighted by molar-refractivity contribution is -0.133. The molecule has 2 unspecified atom stereocenters. The van der Waals surface area contributed by atoms with Gasteiger partial charge in [-0.15, -0.1) is 38.0 Å². The Balaban J connectivity index is 1.46.